The van der Waals surface area contributed by atoms with Gasteiger partial charge in [0.2, 0.25) is 0 Å². The predicted octanol–water partition coefficient (Wildman–Crippen LogP) is 3.97. The minimum Gasteiger partial charge on any atom is -0.465 e. The first-order chi connectivity index (χ1) is 10.5. The van der Waals surface area contributed by atoms with Gasteiger partial charge in [0.15, 0.2) is 0 Å². The first kappa shape index (κ1) is 16.8. The molecule has 0 aromatic heterocycles. The number of carbonyl (C=O) groups excluding carboxylic acids is 1. The zero-order valence-electron chi connectivity index (χ0n) is 13.0. The van der Waals surface area contributed by atoms with E-state index in [0.717, 1.165) is 37.1 Å². The second kappa shape index (κ2) is 7.65. The van der Waals surface area contributed by atoms with E-state index in [1.807, 2.05) is 19.1 Å². The van der Waals surface area contributed by atoms with Crippen LogP contribution in [0.4, 0.5) is 5.69 Å². The van der Waals surface area contributed by atoms with Crippen LogP contribution in [0.25, 0.3) is 0 Å². The molecule has 0 saturated carbocycles. The number of esters is 1. The average molecular weight is 324 g/mol. The van der Waals surface area contributed by atoms with E-state index in [1.165, 1.54) is 7.11 Å². The third kappa shape index (κ3) is 4.02. The summed E-state index contributed by atoms with van der Waals surface area (Å²) in [5.41, 5.74) is 2.22. The Kier molecular flexibility index (Phi) is 5.86. The molecule has 0 amide bonds. The molecule has 0 radical (unpaired) electrons. The summed E-state index contributed by atoms with van der Waals surface area (Å²) in [7, 11) is 1.37. The van der Waals surface area contributed by atoms with E-state index in [1.54, 1.807) is 6.07 Å². The number of ether oxygens (including phenoxy) is 2. The van der Waals surface area contributed by atoms with E-state index in [-0.39, 0.29) is 12.1 Å². The van der Waals surface area contributed by atoms with Crippen LogP contribution in [0.3, 0.4) is 0 Å². The maximum atomic E-state index is 11.8. The monoisotopic (exact) mass is 323 g/mol. The Morgan fingerprint density at radius 1 is 1.59 bits per heavy atom. The molecule has 5 heteroatoms. The van der Waals surface area contributed by atoms with Gasteiger partial charge in [-0.15, -0.1) is 6.58 Å². The van der Waals surface area contributed by atoms with Gasteiger partial charge < -0.3 is 14.8 Å². The van der Waals surface area contributed by atoms with Crippen LogP contribution in [0.2, 0.25) is 5.02 Å². The molecular weight excluding hydrogens is 302 g/mol. The predicted molar refractivity (Wildman–Crippen MR) is 88.7 cm³/mol. The second-order valence-corrected chi connectivity index (χ2v) is 5.94. The van der Waals surface area contributed by atoms with Crippen molar-refractivity contribution in [2.75, 3.05) is 19.0 Å². The van der Waals surface area contributed by atoms with Crippen molar-refractivity contribution in [2.24, 2.45) is 0 Å². The third-order valence-corrected chi connectivity index (χ3v) is 4.15. The summed E-state index contributed by atoms with van der Waals surface area (Å²) in [6.07, 6.45) is 4.76. The molecule has 1 saturated heterocycles. The zero-order valence-corrected chi connectivity index (χ0v) is 13.8. The number of benzene rings is 1. The van der Waals surface area contributed by atoms with Gasteiger partial charge in [-0.3, -0.25) is 0 Å². The number of anilines is 1. The second-order valence-electron chi connectivity index (χ2n) is 5.50. The molecule has 2 unspecified atom stereocenters. The molecule has 1 aliphatic rings. The number of hydrogen-bond acceptors (Lipinski definition) is 4. The van der Waals surface area contributed by atoms with Crippen LogP contribution >= 0.6 is 11.6 Å². The molecular formula is C17H22ClNO3. The zero-order chi connectivity index (χ0) is 16.1. The lowest BCUT2D eigenvalue weighted by atomic mass is 9.99. The highest BCUT2D eigenvalue weighted by Crippen LogP contribution is 2.28. The smallest absolute Gasteiger partial charge is 0.338 e. The summed E-state index contributed by atoms with van der Waals surface area (Å²) in [6, 6.07) is 3.78. The van der Waals surface area contributed by atoms with Crippen LogP contribution in [0.5, 0.6) is 0 Å². The van der Waals surface area contributed by atoms with Gasteiger partial charge >= 0.3 is 5.97 Å². The van der Waals surface area contributed by atoms with Crippen LogP contribution in [-0.4, -0.2) is 31.8 Å². The molecule has 1 heterocycles. The molecule has 0 spiro atoms. The molecule has 120 valence electrons. The van der Waals surface area contributed by atoms with Crippen LogP contribution in [-0.2, 0) is 9.47 Å². The number of halogens is 1. The quantitative estimate of drug-likeness (QED) is 0.658. The average Bonchev–Trinajstić information content (AvgIpc) is 2.50. The van der Waals surface area contributed by atoms with Crippen molar-refractivity contribution in [1.82, 2.24) is 0 Å². The summed E-state index contributed by atoms with van der Waals surface area (Å²) in [5, 5.41) is 4.01. The first-order valence-corrected chi connectivity index (χ1v) is 7.80. The highest BCUT2D eigenvalue weighted by molar-refractivity contribution is 6.31. The standard InChI is InChI=1S/C17H22ClNO3/c1-4-5-14-10-13(6-7-22-14)19-16-9-12(18)8-15(11(16)2)17(20)21-3/h4,8-9,13-14,19H,1,5-7,10H2,2-3H3. The van der Waals surface area contributed by atoms with E-state index in [4.69, 9.17) is 21.1 Å². The number of carbonyl (C=O) groups is 1. The lowest BCUT2D eigenvalue weighted by molar-refractivity contribution is 0.0134. The van der Waals surface area contributed by atoms with Gasteiger partial charge in [-0.2, -0.15) is 0 Å². The van der Waals surface area contributed by atoms with Gasteiger partial charge in [0.05, 0.1) is 18.8 Å². The van der Waals surface area contributed by atoms with Crippen molar-refractivity contribution < 1.29 is 14.3 Å². The van der Waals surface area contributed by atoms with E-state index in [0.29, 0.717) is 16.6 Å². The maximum Gasteiger partial charge on any atom is 0.338 e. The highest BCUT2D eigenvalue weighted by Gasteiger charge is 2.23. The molecule has 1 aliphatic heterocycles. The molecule has 0 bridgehead atoms. The molecule has 1 N–H and O–H groups in total. The Hall–Kier alpha value is -1.52. The first-order valence-electron chi connectivity index (χ1n) is 7.42. The van der Waals surface area contributed by atoms with Gasteiger partial charge in [0, 0.05) is 23.4 Å². The number of methoxy groups -OCH3 is 1. The normalized spacial score (nSPS) is 21.2. The highest BCUT2D eigenvalue weighted by atomic mass is 35.5. The van der Waals surface area contributed by atoms with Crippen LogP contribution in [0, 0.1) is 6.92 Å². The fraction of sp³-hybridized carbons (Fsp3) is 0.471. The Morgan fingerprint density at radius 3 is 3.05 bits per heavy atom. The topological polar surface area (TPSA) is 47.6 Å². The Bertz CT molecular complexity index is 559. The van der Waals surface area contributed by atoms with Crippen molar-refractivity contribution in [2.45, 2.75) is 38.3 Å². The Morgan fingerprint density at radius 2 is 2.36 bits per heavy atom. The molecule has 4 nitrogen and oxygen atoms in total. The van der Waals surface area contributed by atoms with Crippen molar-refractivity contribution in [3.8, 4) is 0 Å². The SMILES string of the molecule is C=CCC1CC(Nc2cc(Cl)cc(C(=O)OC)c2C)CCO1. The summed E-state index contributed by atoms with van der Waals surface area (Å²) in [4.78, 5) is 11.8. The number of hydrogen-bond donors (Lipinski definition) is 1. The maximum absolute atomic E-state index is 11.8. The number of nitrogens with one attached hydrogen (secondary N) is 1. The van der Waals surface area contributed by atoms with Gasteiger partial charge in [-0.05, 0) is 43.9 Å². The lowest BCUT2D eigenvalue weighted by Crippen LogP contribution is -2.34. The van der Waals surface area contributed by atoms with Crippen molar-refractivity contribution >= 4 is 23.3 Å². The molecule has 22 heavy (non-hydrogen) atoms. The third-order valence-electron chi connectivity index (χ3n) is 3.93. The molecule has 2 rings (SSSR count). The summed E-state index contributed by atoms with van der Waals surface area (Å²) in [6.45, 7) is 6.38. The Labute approximate surface area is 136 Å². The molecule has 1 aromatic carbocycles. The minimum absolute atomic E-state index is 0.198. The van der Waals surface area contributed by atoms with Crippen molar-refractivity contribution in [3.63, 3.8) is 0 Å². The van der Waals surface area contributed by atoms with Crippen LogP contribution in [0.1, 0.15) is 35.2 Å². The Balaban J connectivity index is 2.17. The lowest BCUT2D eigenvalue weighted by Gasteiger charge is -2.31. The van der Waals surface area contributed by atoms with E-state index < -0.39 is 0 Å². The van der Waals surface area contributed by atoms with Crippen LogP contribution < -0.4 is 5.32 Å². The fourth-order valence-electron chi connectivity index (χ4n) is 2.73. The summed E-state index contributed by atoms with van der Waals surface area (Å²) < 4.78 is 10.5. The number of rotatable bonds is 5. The van der Waals surface area contributed by atoms with Crippen molar-refractivity contribution in [1.29, 1.82) is 0 Å². The molecule has 1 fully saturated rings. The van der Waals surface area contributed by atoms with Gasteiger partial charge in [-0.25, -0.2) is 4.79 Å². The van der Waals surface area contributed by atoms with E-state index >= 15 is 0 Å². The molecule has 0 aliphatic carbocycles. The van der Waals surface area contributed by atoms with Gasteiger partial charge in [-0.1, -0.05) is 17.7 Å². The fourth-order valence-corrected chi connectivity index (χ4v) is 2.95. The summed E-state index contributed by atoms with van der Waals surface area (Å²) in [5.74, 6) is -0.375. The van der Waals surface area contributed by atoms with Crippen molar-refractivity contribution in [3.05, 3.63) is 40.9 Å². The minimum atomic E-state index is -0.375. The summed E-state index contributed by atoms with van der Waals surface area (Å²) >= 11 is 6.13. The molecule has 2 atom stereocenters. The van der Waals surface area contributed by atoms with Gasteiger partial charge in [0.1, 0.15) is 0 Å². The van der Waals surface area contributed by atoms with Gasteiger partial charge in [0.25, 0.3) is 0 Å². The molecule has 1 aromatic rings. The largest absolute Gasteiger partial charge is 0.465 e. The van der Waals surface area contributed by atoms with Crippen LogP contribution in [0.15, 0.2) is 24.8 Å². The van der Waals surface area contributed by atoms with E-state index in [9.17, 15) is 4.79 Å². The van der Waals surface area contributed by atoms with E-state index in [2.05, 4.69) is 11.9 Å².